The van der Waals surface area contributed by atoms with E-state index in [9.17, 15) is 20.1 Å². The molecule has 0 saturated carbocycles. The van der Waals surface area contributed by atoms with E-state index >= 15 is 0 Å². The minimum Gasteiger partial charge on any atom is -0.480 e. The molecular formula is C45H45N9O3. The normalized spacial score (nSPS) is 12.0. The molecule has 2 unspecified atom stereocenters. The molecule has 0 radical (unpaired) electrons. The topological polar surface area (TPSA) is 211 Å². The highest BCUT2D eigenvalue weighted by Gasteiger charge is 2.21. The molecule has 0 aliphatic heterocycles. The Morgan fingerprint density at radius 1 is 0.684 bits per heavy atom. The Labute approximate surface area is 332 Å². The largest absolute Gasteiger partial charge is 0.480 e. The number of carboxylic acid groups (broad SMARTS) is 1. The molecule has 4 aromatic carbocycles. The maximum Gasteiger partial charge on any atom is 0.323 e. The fourth-order valence-electron chi connectivity index (χ4n) is 6.09. The van der Waals surface area contributed by atoms with E-state index in [-0.39, 0.29) is 30.8 Å². The number of carbonyl (C=O) groups is 2. The molecule has 12 nitrogen and oxygen atoms in total. The number of carboxylic acids is 1. The number of fused-ring (bicyclic) bond motifs is 2. The van der Waals surface area contributed by atoms with Gasteiger partial charge in [-0.15, -0.1) is 0 Å². The smallest absolute Gasteiger partial charge is 0.323 e. The minimum absolute atomic E-state index is 0.0502. The molecule has 0 fully saturated rings. The van der Waals surface area contributed by atoms with Crippen LogP contribution < -0.4 is 5.73 Å². The molecule has 0 aliphatic carbocycles. The fraction of sp³-hybridized carbons (Fsp3) is 0.289. The van der Waals surface area contributed by atoms with Crippen molar-refractivity contribution in [1.82, 2.24) is 19.1 Å². The molecule has 3 N–H and O–H groups in total. The number of aliphatic carboxylic acids is 1. The average molecular weight is 760 g/mol. The summed E-state index contributed by atoms with van der Waals surface area (Å²) < 4.78 is 3.21. The molecule has 0 amide bonds. The molecule has 57 heavy (non-hydrogen) atoms. The second-order valence-electron chi connectivity index (χ2n) is 14.9. The Morgan fingerprint density at radius 3 is 1.49 bits per heavy atom. The maximum atomic E-state index is 12.6. The number of benzene rings is 4. The molecule has 0 saturated heterocycles. The molecule has 0 aliphatic rings. The quantitative estimate of drug-likeness (QED) is 0.137. The van der Waals surface area contributed by atoms with Gasteiger partial charge in [0.1, 0.15) is 18.7 Å². The SMILES string of the molecule is CC(CC(=O)Cn1cnc2cccc(C#N)c21)c1ccc(C(C)(C)C#N)cc1.CC(N)c1ccc(C(C)(C)C#N)cc1.N#Cc1cccc2ncn(CC(=O)O)c12. The van der Waals surface area contributed by atoms with Gasteiger partial charge in [0.2, 0.25) is 0 Å². The number of hydrogen-bond acceptors (Lipinski definition) is 9. The Balaban J connectivity index is 0.000000209. The second-order valence-corrected chi connectivity index (χ2v) is 14.9. The second kappa shape index (κ2) is 18.5. The first kappa shape index (κ1) is 42.6. The molecule has 6 rings (SSSR count). The van der Waals surface area contributed by atoms with Crippen molar-refractivity contribution < 1.29 is 14.7 Å². The molecule has 12 heteroatoms. The van der Waals surface area contributed by atoms with Crippen molar-refractivity contribution in [2.24, 2.45) is 5.73 Å². The van der Waals surface area contributed by atoms with Gasteiger partial charge >= 0.3 is 5.97 Å². The number of nitrogens with zero attached hydrogens (tertiary/aromatic N) is 8. The highest BCUT2D eigenvalue weighted by Crippen LogP contribution is 2.27. The number of carbonyl (C=O) groups excluding carboxylic acids is 1. The number of aromatic nitrogens is 4. The lowest BCUT2D eigenvalue weighted by molar-refractivity contribution is -0.137. The lowest BCUT2D eigenvalue weighted by Crippen LogP contribution is -2.14. The summed E-state index contributed by atoms with van der Waals surface area (Å²) in [6.45, 7) is 11.6. The number of imidazole rings is 2. The van der Waals surface area contributed by atoms with E-state index in [1.54, 1.807) is 41.2 Å². The van der Waals surface area contributed by atoms with Crippen LogP contribution in [-0.2, 0) is 33.5 Å². The van der Waals surface area contributed by atoms with Gasteiger partial charge in [-0.2, -0.15) is 21.0 Å². The summed E-state index contributed by atoms with van der Waals surface area (Å²) in [5.74, 6) is -0.806. The molecule has 0 bridgehead atoms. The van der Waals surface area contributed by atoms with Gasteiger partial charge in [0.15, 0.2) is 5.78 Å². The predicted octanol–water partition coefficient (Wildman–Crippen LogP) is 7.97. The highest BCUT2D eigenvalue weighted by atomic mass is 16.4. The number of hydrogen-bond donors (Lipinski definition) is 2. The zero-order chi connectivity index (χ0) is 41.9. The predicted molar refractivity (Wildman–Crippen MR) is 217 cm³/mol. The first-order chi connectivity index (χ1) is 27.0. The Bertz CT molecular complexity index is 2530. The minimum atomic E-state index is -0.956. The van der Waals surface area contributed by atoms with Crippen LogP contribution in [0.1, 0.15) is 93.3 Å². The lowest BCUT2D eigenvalue weighted by atomic mass is 9.84. The molecule has 6 aromatic rings. The van der Waals surface area contributed by atoms with Crippen molar-refractivity contribution in [3.8, 4) is 24.3 Å². The van der Waals surface area contributed by atoms with Crippen molar-refractivity contribution in [3.05, 3.63) is 131 Å². The van der Waals surface area contributed by atoms with E-state index in [2.05, 4.69) is 28.2 Å². The number of para-hydroxylation sites is 2. The zero-order valence-corrected chi connectivity index (χ0v) is 32.9. The summed E-state index contributed by atoms with van der Waals surface area (Å²) in [6.07, 6.45) is 3.45. The fourth-order valence-corrected chi connectivity index (χ4v) is 6.09. The Morgan fingerprint density at radius 2 is 1.11 bits per heavy atom. The van der Waals surface area contributed by atoms with Crippen LogP contribution in [0, 0.1) is 45.3 Å². The third-order valence-electron chi connectivity index (χ3n) is 9.62. The van der Waals surface area contributed by atoms with Crippen molar-refractivity contribution in [2.45, 2.75) is 83.8 Å². The third kappa shape index (κ3) is 10.6. The van der Waals surface area contributed by atoms with Gasteiger partial charge in [0, 0.05) is 12.5 Å². The summed E-state index contributed by atoms with van der Waals surface area (Å²) in [5, 5.41) is 45.1. The highest BCUT2D eigenvalue weighted by molar-refractivity contribution is 5.85. The van der Waals surface area contributed by atoms with Gasteiger partial charge in [-0.1, -0.05) is 67.6 Å². The van der Waals surface area contributed by atoms with Gasteiger partial charge in [0.25, 0.3) is 0 Å². The molecule has 288 valence electrons. The van der Waals surface area contributed by atoms with E-state index in [0.717, 1.165) is 27.8 Å². The maximum absolute atomic E-state index is 12.6. The molecule has 2 aromatic heterocycles. The Kier molecular flexibility index (Phi) is 13.8. The average Bonchev–Trinajstić information content (AvgIpc) is 3.81. The first-order valence-electron chi connectivity index (χ1n) is 18.3. The van der Waals surface area contributed by atoms with Crippen LogP contribution in [-0.4, -0.2) is 36.0 Å². The van der Waals surface area contributed by atoms with E-state index in [0.29, 0.717) is 34.1 Å². The lowest BCUT2D eigenvalue weighted by Gasteiger charge is -2.17. The number of nitriles is 4. The molecule has 2 atom stereocenters. The van der Waals surface area contributed by atoms with Crippen molar-refractivity contribution in [3.63, 3.8) is 0 Å². The van der Waals surface area contributed by atoms with Gasteiger partial charge in [0.05, 0.1) is 75.4 Å². The summed E-state index contributed by atoms with van der Waals surface area (Å²) in [6, 6.07) is 35.1. The monoisotopic (exact) mass is 759 g/mol. The van der Waals surface area contributed by atoms with Gasteiger partial charge in [-0.3, -0.25) is 9.59 Å². The van der Waals surface area contributed by atoms with E-state index in [1.807, 2.05) is 102 Å². The molecule has 2 heterocycles. The first-order valence-corrected chi connectivity index (χ1v) is 18.3. The van der Waals surface area contributed by atoms with Crippen LogP contribution in [0.5, 0.6) is 0 Å². The van der Waals surface area contributed by atoms with Crippen molar-refractivity contribution in [1.29, 1.82) is 21.0 Å². The van der Waals surface area contributed by atoms with E-state index in [1.165, 1.54) is 10.9 Å². The zero-order valence-electron chi connectivity index (χ0n) is 32.9. The summed E-state index contributed by atoms with van der Waals surface area (Å²) in [7, 11) is 0. The number of nitrogens with two attached hydrogens (primary N) is 1. The summed E-state index contributed by atoms with van der Waals surface area (Å²) in [5.41, 5.74) is 12.5. The van der Waals surface area contributed by atoms with Crippen LogP contribution >= 0.6 is 0 Å². The van der Waals surface area contributed by atoms with Crippen LogP contribution in [0.2, 0.25) is 0 Å². The number of Topliss-reactive ketones (excluding diaryl/α,β-unsaturated/α-hetero) is 1. The van der Waals surface area contributed by atoms with Crippen molar-refractivity contribution >= 4 is 33.8 Å². The standard InChI is InChI=1S/C23H22N4O.C12H16N2.C10H7N3O2/c1-16(17-7-9-19(10-8-17)23(2,3)14-25)11-20(28)13-27-15-26-21-6-4-5-18(12-24)22(21)27;1-9(14)10-4-6-11(7-5-10)12(2,3)8-13;11-4-7-2-1-3-8-10(7)13(6-12-8)5-9(14)15/h4-10,15-16H,11,13H2,1-3H3;4-7,9H,14H2,1-3H3;1-3,6H,5H2,(H,14,15). The third-order valence-corrected chi connectivity index (χ3v) is 9.62. The molecular weight excluding hydrogens is 715 g/mol. The van der Waals surface area contributed by atoms with Crippen LogP contribution in [0.15, 0.2) is 97.6 Å². The molecule has 0 spiro atoms. The van der Waals surface area contributed by atoms with Gasteiger partial charge < -0.3 is 20.0 Å². The van der Waals surface area contributed by atoms with Crippen molar-refractivity contribution in [2.75, 3.05) is 0 Å². The number of ketones is 1. The van der Waals surface area contributed by atoms with Crippen LogP contribution in [0.25, 0.3) is 22.1 Å². The summed E-state index contributed by atoms with van der Waals surface area (Å²) in [4.78, 5) is 31.5. The van der Waals surface area contributed by atoms with E-state index in [4.69, 9.17) is 21.4 Å². The Hall–Kier alpha value is -7.12. The van der Waals surface area contributed by atoms with Gasteiger partial charge in [-0.05, 0) is 87.1 Å². The van der Waals surface area contributed by atoms with Gasteiger partial charge in [-0.25, -0.2) is 9.97 Å². The number of rotatable bonds is 10. The van der Waals surface area contributed by atoms with Crippen LogP contribution in [0.3, 0.4) is 0 Å². The van der Waals surface area contributed by atoms with E-state index < -0.39 is 16.8 Å². The van der Waals surface area contributed by atoms with Crippen LogP contribution in [0.4, 0.5) is 0 Å². The summed E-state index contributed by atoms with van der Waals surface area (Å²) >= 11 is 0.